The van der Waals surface area contributed by atoms with Gasteiger partial charge in [-0.1, -0.05) is 32.1 Å². The normalized spacial score (nSPS) is 13.9. The molecule has 0 spiro atoms. The van der Waals surface area contributed by atoms with Crippen LogP contribution in [-0.4, -0.2) is 24.5 Å². The van der Waals surface area contributed by atoms with E-state index in [1.807, 2.05) is 6.92 Å². The molecule has 2 atom stereocenters. The van der Waals surface area contributed by atoms with Crippen molar-refractivity contribution in [3.05, 3.63) is 0 Å². The third-order valence-corrected chi connectivity index (χ3v) is 2.53. The largest absolute Gasteiger partial charge is 0.344 e. The highest BCUT2D eigenvalue weighted by molar-refractivity contribution is 5.81. The molecule has 0 radical (unpaired) electrons. The molecular formula is C13H24N2O. The highest BCUT2D eigenvalue weighted by atomic mass is 16.2. The molecule has 3 nitrogen and oxygen atoms in total. The van der Waals surface area contributed by atoms with Crippen LogP contribution in [0, 0.1) is 12.3 Å². The molecule has 3 heteroatoms. The summed E-state index contributed by atoms with van der Waals surface area (Å²) in [6.45, 7) is 6.46. The van der Waals surface area contributed by atoms with E-state index in [1.165, 1.54) is 19.3 Å². The Morgan fingerprint density at radius 1 is 1.38 bits per heavy atom. The maximum absolute atomic E-state index is 11.5. The SMILES string of the molecule is C#CCNC(=O)C(C)NC(C)CCCCC. The van der Waals surface area contributed by atoms with Gasteiger partial charge in [0.15, 0.2) is 0 Å². The summed E-state index contributed by atoms with van der Waals surface area (Å²) in [6.07, 6.45) is 9.88. The zero-order valence-corrected chi connectivity index (χ0v) is 10.7. The van der Waals surface area contributed by atoms with Crippen LogP contribution in [-0.2, 0) is 4.79 Å². The van der Waals surface area contributed by atoms with Crippen molar-refractivity contribution in [1.82, 2.24) is 10.6 Å². The Bertz CT molecular complexity index is 233. The molecule has 0 aromatic heterocycles. The van der Waals surface area contributed by atoms with Crippen molar-refractivity contribution >= 4 is 5.91 Å². The molecule has 0 aliphatic heterocycles. The van der Waals surface area contributed by atoms with Crippen molar-refractivity contribution < 1.29 is 4.79 Å². The van der Waals surface area contributed by atoms with E-state index < -0.39 is 0 Å². The van der Waals surface area contributed by atoms with Gasteiger partial charge in [-0.2, -0.15) is 0 Å². The topological polar surface area (TPSA) is 41.1 Å². The lowest BCUT2D eigenvalue weighted by atomic mass is 10.1. The molecule has 0 aromatic rings. The first kappa shape index (κ1) is 15.0. The van der Waals surface area contributed by atoms with E-state index in [0.717, 1.165) is 6.42 Å². The molecule has 1 amide bonds. The Morgan fingerprint density at radius 3 is 2.62 bits per heavy atom. The van der Waals surface area contributed by atoms with Gasteiger partial charge in [0.25, 0.3) is 0 Å². The average molecular weight is 224 g/mol. The second-order valence-corrected chi connectivity index (χ2v) is 4.21. The predicted octanol–water partition coefficient (Wildman–Crippen LogP) is 1.68. The average Bonchev–Trinajstić information content (AvgIpc) is 2.26. The van der Waals surface area contributed by atoms with Crippen molar-refractivity contribution in [2.24, 2.45) is 0 Å². The van der Waals surface area contributed by atoms with Crippen molar-refractivity contribution in [3.8, 4) is 12.3 Å². The van der Waals surface area contributed by atoms with E-state index in [0.29, 0.717) is 12.6 Å². The maximum atomic E-state index is 11.5. The van der Waals surface area contributed by atoms with Gasteiger partial charge in [0, 0.05) is 6.04 Å². The number of carbonyl (C=O) groups is 1. The summed E-state index contributed by atoms with van der Waals surface area (Å²) in [5, 5.41) is 5.93. The Kier molecular flexibility index (Phi) is 8.65. The molecule has 0 aromatic carbocycles. The van der Waals surface area contributed by atoms with Gasteiger partial charge in [0.1, 0.15) is 0 Å². The quantitative estimate of drug-likeness (QED) is 0.486. The third kappa shape index (κ3) is 7.30. The van der Waals surface area contributed by atoms with Gasteiger partial charge in [-0.05, 0) is 20.3 Å². The first-order valence-corrected chi connectivity index (χ1v) is 6.09. The summed E-state index contributed by atoms with van der Waals surface area (Å²) in [6, 6.07) is 0.197. The molecule has 0 saturated carbocycles. The predicted molar refractivity (Wildman–Crippen MR) is 68.0 cm³/mol. The molecular weight excluding hydrogens is 200 g/mol. The molecule has 0 bridgehead atoms. The summed E-state index contributed by atoms with van der Waals surface area (Å²) in [4.78, 5) is 11.5. The number of hydrogen-bond donors (Lipinski definition) is 2. The van der Waals surface area contributed by atoms with E-state index in [9.17, 15) is 4.79 Å². The number of rotatable bonds is 8. The van der Waals surface area contributed by atoms with Crippen molar-refractivity contribution in [2.45, 2.75) is 58.5 Å². The number of nitrogens with one attached hydrogen (secondary N) is 2. The van der Waals surface area contributed by atoms with Crippen LogP contribution < -0.4 is 10.6 Å². The van der Waals surface area contributed by atoms with Crippen molar-refractivity contribution in [2.75, 3.05) is 6.54 Å². The van der Waals surface area contributed by atoms with Gasteiger partial charge >= 0.3 is 0 Å². The molecule has 2 unspecified atom stereocenters. The molecule has 2 N–H and O–H groups in total. The minimum absolute atomic E-state index is 0.0275. The van der Waals surface area contributed by atoms with Gasteiger partial charge < -0.3 is 10.6 Å². The van der Waals surface area contributed by atoms with E-state index in [-0.39, 0.29) is 11.9 Å². The number of unbranched alkanes of at least 4 members (excludes halogenated alkanes) is 2. The minimum atomic E-state index is -0.176. The number of terminal acetylenes is 1. The molecule has 0 heterocycles. The second kappa shape index (κ2) is 9.23. The first-order chi connectivity index (χ1) is 7.61. The molecule has 0 aliphatic rings. The van der Waals surface area contributed by atoms with Gasteiger partial charge in [-0.25, -0.2) is 0 Å². The van der Waals surface area contributed by atoms with Gasteiger partial charge in [0.05, 0.1) is 12.6 Å². The van der Waals surface area contributed by atoms with Crippen molar-refractivity contribution in [3.63, 3.8) is 0 Å². The van der Waals surface area contributed by atoms with Crippen LogP contribution in [0.15, 0.2) is 0 Å². The zero-order valence-electron chi connectivity index (χ0n) is 10.7. The van der Waals surface area contributed by atoms with Crippen LogP contribution >= 0.6 is 0 Å². The van der Waals surface area contributed by atoms with Crippen molar-refractivity contribution in [1.29, 1.82) is 0 Å². The number of hydrogen-bond acceptors (Lipinski definition) is 2. The molecule has 0 rings (SSSR count). The summed E-state index contributed by atoms with van der Waals surface area (Å²) >= 11 is 0. The van der Waals surface area contributed by atoms with Crippen LogP contribution in [0.5, 0.6) is 0 Å². The molecule has 0 saturated heterocycles. The van der Waals surface area contributed by atoms with E-state index in [4.69, 9.17) is 6.42 Å². The lowest BCUT2D eigenvalue weighted by Gasteiger charge is -2.19. The van der Waals surface area contributed by atoms with E-state index in [2.05, 4.69) is 30.4 Å². The van der Waals surface area contributed by atoms with E-state index >= 15 is 0 Å². The highest BCUT2D eigenvalue weighted by Gasteiger charge is 2.13. The lowest BCUT2D eigenvalue weighted by Crippen LogP contribution is -2.45. The summed E-state index contributed by atoms with van der Waals surface area (Å²) in [5.41, 5.74) is 0. The molecule has 92 valence electrons. The standard InChI is InChI=1S/C13H24N2O/c1-5-7-8-9-11(3)15-12(4)13(16)14-10-6-2/h2,11-12,15H,5,7-10H2,1,3-4H3,(H,14,16). The molecule has 0 fully saturated rings. The van der Waals surface area contributed by atoms with Crippen LogP contribution in [0.2, 0.25) is 0 Å². The summed E-state index contributed by atoms with van der Waals surface area (Å²) < 4.78 is 0. The summed E-state index contributed by atoms with van der Waals surface area (Å²) in [7, 11) is 0. The van der Waals surface area contributed by atoms with Gasteiger partial charge in [-0.15, -0.1) is 6.42 Å². The van der Waals surface area contributed by atoms with Gasteiger partial charge in [0.2, 0.25) is 5.91 Å². The molecule has 16 heavy (non-hydrogen) atoms. The minimum Gasteiger partial charge on any atom is -0.344 e. The summed E-state index contributed by atoms with van der Waals surface area (Å²) in [5.74, 6) is 2.36. The second-order valence-electron chi connectivity index (χ2n) is 4.21. The van der Waals surface area contributed by atoms with E-state index in [1.54, 1.807) is 0 Å². The Hall–Kier alpha value is -1.01. The fraction of sp³-hybridized carbons (Fsp3) is 0.769. The van der Waals surface area contributed by atoms with Crippen LogP contribution in [0.3, 0.4) is 0 Å². The number of carbonyl (C=O) groups excluding carboxylic acids is 1. The molecule has 0 aliphatic carbocycles. The fourth-order valence-corrected chi connectivity index (χ4v) is 1.58. The Morgan fingerprint density at radius 2 is 2.06 bits per heavy atom. The highest BCUT2D eigenvalue weighted by Crippen LogP contribution is 2.03. The monoisotopic (exact) mass is 224 g/mol. The first-order valence-electron chi connectivity index (χ1n) is 6.09. The Labute approximate surface area is 99.4 Å². The van der Waals surface area contributed by atoms with Crippen LogP contribution in [0.4, 0.5) is 0 Å². The maximum Gasteiger partial charge on any atom is 0.237 e. The Balaban J connectivity index is 3.72. The van der Waals surface area contributed by atoms with Crippen LogP contribution in [0.1, 0.15) is 46.5 Å². The lowest BCUT2D eigenvalue weighted by molar-refractivity contribution is -0.122. The number of amides is 1. The third-order valence-electron chi connectivity index (χ3n) is 2.53. The van der Waals surface area contributed by atoms with Gasteiger partial charge in [-0.3, -0.25) is 4.79 Å². The smallest absolute Gasteiger partial charge is 0.237 e. The fourth-order valence-electron chi connectivity index (χ4n) is 1.58. The zero-order chi connectivity index (χ0) is 12.4. The van der Waals surface area contributed by atoms with Crippen LogP contribution in [0.25, 0.3) is 0 Å².